The molecule has 2 aromatic heterocycles. The van der Waals surface area contributed by atoms with Crippen molar-refractivity contribution in [1.82, 2.24) is 15.2 Å². The van der Waals surface area contributed by atoms with E-state index in [-0.39, 0.29) is 0 Å². The molecule has 0 saturated heterocycles. The van der Waals surface area contributed by atoms with Crippen LogP contribution in [-0.2, 0) is 9.36 Å². The lowest BCUT2D eigenvalue weighted by Gasteiger charge is -2.13. The third kappa shape index (κ3) is 4.54. The van der Waals surface area contributed by atoms with Gasteiger partial charge in [0.15, 0.2) is 5.82 Å². The second-order valence-electron chi connectivity index (χ2n) is 9.26. The Morgan fingerprint density at radius 2 is 1.89 bits per heavy atom. The predicted octanol–water partition coefficient (Wildman–Crippen LogP) is 4.81. The molecule has 2 unspecified atom stereocenters. The summed E-state index contributed by atoms with van der Waals surface area (Å²) in [7, 11) is 0.703. The van der Waals surface area contributed by atoms with Gasteiger partial charge in [0.1, 0.15) is 29.8 Å². The first-order chi connectivity index (χ1) is 17.3. The second kappa shape index (κ2) is 9.32. The van der Waals surface area contributed by atoms with Gasteiger partial charge in [0.05, 0.1) is 25.9 Å². The number of nitrogens with one attached hydrogen (secondary N) is 3. The molecule has 9 nitrogen and oxygen atoms in total. The van der Waals surface area contributed by atoms with Crippen LogP contribution in [0.3, 0.4) is 0 Å². The van der Waals surface area contributed by atoms with E-state index in [0.717, 1.165) is 34.3 Å². The number of ether oxygens (including phenoxy) is 2. The number of rotatable bonds is 9. The molecule has 2 aromatic carbocycles. The van der Waals surface area contributed by atoms with Gasteiger partial charge in [-0.1, -0.05) is 6.07 Å². The van der Waals surface area contributed by atoms with E-state index in [4.69, 9.17) is 9.47 Å². The summed E-state index contributed by atoms with van der Waals surface area (Å²) in [5, 5.41) is 14.6. The molecule has 1 fully saturated rings. The van der Waals surface area contributed by atoms with Gasteiger partial charge in [-0.05, 0) is 73.0 Å². The molecule has 1 aliphatic carbocycles. The lowest BCUT2D eigenvalue weighted by Crippen LogP contribution is -2.10. The lowest BCUT2D eigenvalue weighted by molar-refractivity contribution is -0.105. The number of aromatic amines is 1. The van der Waals surface area contributed by atoms with Crippen molar-refractivity contribution in [1.29, 1.82) is 0 Å². The Balaban J connectivity index is 1.39. The van der Waals surface area contributed by atoms with Crippen LogP contribution in [0.25, 0.3) is 10.9 Å². The van der Waals surface area contributed by atoms with Gasteiger partial charge in [0.2, 0.25) is 6.41 Å². The standard InChI is InChI=1S/C26H28N5O4P/c1-34-16-6-8-21(28-14-32)20(10-16)19-11-18(19)15-5-7-17-22(9-15)30-31-26(17)29-23-13-27-25(36(3,4)33)12-24(23)35-2/h5-10,12-14,18-19H,11H2,1-4H3,(H,28,32)(H2,29,30,31). The summed E-state index contributed by atoms with van der Waals surface area (Å²) in [5.74, 6) is 2.60. The van der Waals surface area contributed by atoms with Gasteiger partial charge >= 0.3 is 0 Å². The van der Waals surface area contributed by atoms with Gasteiger partial charge in [0, 0.05) is 17.1 Å². The van der Waals surface area contributed by atoms with Crippen LogP contribution in [0.2, 0.25) is 0 Å². The number of benzene rings is 2. The number of anilines is 3. The van der Waals surface area contributed by atoms with Crippen LogP contribution in [0, 0.1) is 0 Å². The molecule has 2 heterocycles. The molecule has 36 heavy (non-hydrogen) atoms. The monoisotopic (exact) mass is 505 g/mol. The van der Waals surface area contributed by atoms with Crippen molar-refractivity contribution >= 4 is 47.1 Å². The highest BCUT2D eigenvalue weighted by molar-refractivity contribution is 7.69. The molecule has 0 aliphatic heterocycles. The summed E-state index contributed by atoms with van der Waals surface area (Å²) >= 11 is 0. The van der Waals surface area contributed by atoms with Gasteiger partial charge in [-0.25, -0.2) is 0 Å². The Kier molecular flexibility index (Phi) is 6.18. The van der Waals surface area contributed by atoms with E-state index in [1.54, 1.807) is 39.8 Å². The van der Waals surface area contributed by atoms with Crippen molar-refractivity contribution in [3.05, 3.63) is 59.8 Å². The number of methoxy groups -OCH3 is 2. The maximum Gasteiger partial charge on any atom is 0.211 e. The number of hydrogen-bond donors (Lipinski definition) is 3. The zero-order valence-corrected chi connectivity index (χ0v) is 21.4. The van der Waals surface area contributed by atoms with Crippen LogP contribution in [0.4, 0.5) is 17.2 Å². The SMILES string of the molecule is COc1ccc(NC=O)c(C2CC2c2ccc3c(Nc4cnc(P(C)(C)=O)cc4OC)n[nH]c3c2)c1. The first kappa shape index (κ1) is 23.9. The van der Waals surface area contributed by atoms with Crippen LogP contribution >= 0.6 is 7.14 Å². The topological polar surface area (TPSA) is 118 Å². The number of aromatic nitrogens is 3. The number of amides is 1. The smallest absolute Gasteiger partial charge is 0.211 e. The van der Waals surface area contributed by atoms with E-state index < -0.39 is 7.14 Å². The largest absolute Gasteiger partial charge is 0.497 e. The molecule has 1 aliphatic rings. The minimum Gasteiger partial charge on any atom is -0.497 e. The zero-order chi connectivity index (χ0) is 25.4. The second-order valence-corrected chi connectivity index (χ2v) is 12.4. The van der Waals surface area contributed by atoms with Crippen molar-refractivity contribution in [2.75, 3.05) is 38.2 Å². The molecule has 2 atom stereocenters. The summed E-state index contributed by atoms with van der Waals surface area (Å²) in [5.41, 5.74) is 5.15. The average Bonchev–Trinajstić information content (AvgIpc) is 3.58. The molecule has 0 radical (unpaired) electrons. The number of carbonyl (C=O) groups is 1. The molecule has 186 valence electrons. The Morgan fingerprint density at radius 3 is 2.61 bits per heavy atom. The Labute approximate surface area is 209 Å². The third-order valence-electron chi connectivity index (χ3n) is 6.55. The van der Waals surface area contributed by atoms with Crippen molar-refractivity contribution in [2.24, 2.45) is 0 Å². The van der Waals surface area contributed by atoms with Crippen molar-refractivity contribution in [3.8, 4) is 11.5 Å². The first-order valence-corrected chi connectivity index (χ1v) is 14.1. The molecule has 0 bridgehead atoms. The number of nitrogens with zero attached hydrogens (tertiary/aromatic N) is 2. The van der Waals surface area contributed by atoms with Gasteiger partial charge in [-0.15, -0.1) is 0 Å². The van der Waals surface area contributed by atoms with E-state index in [0.29, 0.717) is 40.9 Å². The fourth-order valence-corrected chi connectivity index (χ4v) is 5.32. The van der Waals surface area contributed by atoms with Gasteiger partial charge in [-0.3, -0.25) is 14.9 Å². The van der Waals surface area contributed by atoms with Crippen LogP contribution < -0.4 is 25.5 Å². The number of hydrogen-bond acceptors (Lipinski definition) is 7. The minimum atomic E-state index is -2.51. The number of fused-ring (bicyclic) bond motifs is 1. The molecular formula is C26H28N5O4P. The van der Waals surface area contributed by atoms with Gasteiger partial charge < -0.3 is 24.7 Å². The van der Waals surface area contributed by atoms with Crippen molar-refractivity contribution in [3.63, 3.8) is 0 Å². The highest BCUT2D eigenvalue weighted by Crippen LogP contribution is 2.57. The third-order valence-corrected chi connectivity index (χ3v) is 7.90. The van der Waals surface area contributed by atoms with Crippen LogP contribution in [0.5, 0.6) is 11.5 Å². The molecule has 5 rings (SSSR count). The van der Waals surface area contributed by atoms with E-state index in [1.165, 1.54) is 5.56 Å². The maximum atomic E-state index is 12.4. The fraction of sp³-hybridized carbons (Fsp3) is 0.269. The summed E-state index contributed by atoms with van der Waals surface area (Å²) in [6.45, 7) is 3.36. The molecule has 10 heteroatoms. The normalized spacial score (nSPS) is 17.0. The summed E-state index contributed by atoms with van der Waals surface area (Å²) < 4.78 is 23.3. The Bertz CT molecular complexity index is 1500. The summed E-state index contributed by atoms with van der Waals surface area (Å²) in [6.07, 6.45) is 3.31. The molecular weight excluding hydrogens is 477 g/mol. The first-order valence-electron chi connectivity index (χ1n) is 11.5. The molecule has 1 saturated carbocycles. The van der Waals surface area contributed by atoms with Crippen molar-refractivity contribution in [2.45, 2.75) is 18.3 Å². The van der Waals surface area contributed by atoms with Gasteiger partial charge in [-0.2, -0.15) is 5.10 Å². The Hall–Kier alpha value is -3.84. The average molecular weight is 506 g/mol. The van der Waals surface area contributed by atoms with E-state index in [1.807, 2.05) is 24.3 Å². The van der Waals surface area contributed by atoms with Crippen LogP contribution in [0.15, 0.2) is 48.7 Å². The molecule has 1 amide bonds. The Morgan fingerprint density at radius 1 is 1.06 bits per heavy atom. The predicted molar refractivity (Wildman–Crippen MR) is 142 cm³/mol. The van der Waals surface area contributed by atoms with Crippen LogP contribution in [0.1, 0.15) is 29.4 Å². The summed E-state index contributed by atoms with van der Waals surface area (Å²) in [6, 6.07) is 13.7. The fourth-order valence-electron chi connectivity index (χ4n) is 4.55. The number of pyridine rings is 1. The molecule has 0 spiro atoms. The van der Waals surface area contributed by atoms with Crippen molar-refractivity contribution < 1.29 is 18.8 Å². The van der Waals surface area contributed by atoms with E-state index >= 15 is 0 Å². The lowest BCUT2D eigenvalue weighted by atomic mass is 10.0. The number of carbonyl (C=O) groups excluding carboxylic acids is 1. The van der Waals surface area contributed by atoms with Gasteiger partial charge in [0.25, 0.3) is 0 Å². The quantitative estimate of drug-likeness (QED) is 0.221. The highest BCUT2D eigenvalue weighted by Gasteiger charge is 2.41. The van der Waals surface area contributed by atoms with E-state index in [9.17, 15) is 9.36 Å². The molecule has 4 aromatic rings. The van der Waals surface area contributed by atoms with E-state index in [2.05, 4.69) is 37.9 Å². The summed E-state index contributed by atoms with van der Waals surface area (Å²) in [4.78, 5) is 15.4. The zero-order valence-electron chi connectivity index (χ0n) is 20.5. The minimum absolute atomic E-state index is 0.294. The highest BCUT2D eigenvalue weighted by atomic mass is 31.2. The number of H-pyrrole nitrogens is 1. The van der Waals surface area contributed by atoms with Crippen LogP contribution in [-0.4, -0.2) is 49.1 Å². The maximum absolute atomic E-state index is 12.4. The molecule has 3 N–H and O–H groups in total.